The van der Waals surface area contributed by atoms with Gasteiger partial charge in [-0.1, -0.05) is 30.0 Å². The SMILES string of the molecule is NC(=O)c1c(NC(=O)CSc2nncn2-c2ccccc2)sc2c1CCC2. The van der Waals surface area contributed by atoms with Gasteiger partial charge in [0.2, 0.25) is 5.91 Å². The fourth-order valence-electron chi connectivity index (χ4n) is 3.13. The van der Waals surface area contributed by atoms with E-state index in [2.05, 4.69) is 15.5 Å². The molecule has 1 aliphatic rings. The number of carbonyl (C=O) groups excluding carboxylic acids is 2. The van der Waals surface area contributed by atoms with E-state index in [9.17, 15) is 9.59 Å². The molecule has 9 heteroatoms. The molecule has 0 spiro atoms. The lowest BCUT2D eigenvalue weighted by Gasteiger charge is -2.07. The minimum absolute atomic E-state index is 0.159. The van der Waals surface area contributed by atoms with Gasteiger partial charge in [0.05, 0.1) is 11.3 Å². The van der Waals surface area contributed by atoms with Crippen LogP contribution in [0.4, 0.5) is 5.00 Å². The molecule has 2 heterocycles. The van der Waals surface area contributed by atoms with Crippen LogP contribution < -0.4 is 11.1 Å². The first-order valence-electron chi connectivity index (χ1n) is 8.46. The van der Waals surface area contributed by atoms with Crippen LogP contribution in [0.25, 0.3) is 5.69 Å². The van der Waals surface area contributed by atoms with Gasteiger partial charge < -0.3 is 11.1 Å². The van der Waals surface area contributed by atoms with Crippen molar-refractivity contribution in [1.82, 2.24) is 14.8 Å². The van der Waals surface area contributed by atoms with E-state index in [4.69, 9.17) is 5.73 Å². The number of rotatable bonds is 6. The van der Waals surface area contributed by atoms with Crippen LogP contribution in [0.5, 0.6) is 0 Å². The van der Waals surface area contributed by atoms with Crippen LogP contribution in [0.1, 0.15) is 27.2 Å². The highest BCUT2D eigenvalue weighted by molar-refractivity contribution is 7.99. The molecular weight excluding hydrogens is 382 g/mol. The zero-order chi connectivity index (χ0) is 18.8. The Morgan fingerprint density at radius 1 is 1.26 bits per heavy atom. The Morgan fingerprint density at radius 2 is 2.07 bits per heavy atom. The van der Waals surface area contributed by atoms with Crippen LogP contribution >= 0.6 is 23.1 Å². The first kappa shape index (κ1) is 17.7. The Labute approximate surface area is 164 Å². The van der Waals surface area contributed by atoms with E-state index in [1.807, 2.05) is 34.9 Å². The molecule has 7 nitrogen and oxygen atoms in total. The smallest absolute Gasteiger partial charge is 0.251 e. The first-order valence-corrected chi connectivity index (χ1v) is 10.3. The molecule has 0 aliphatic heterocycles. The van der Waals surface area contributed by atoms with E-state index in [0.29, 0.717) is 15.7 Å². The molecule has 0 atom stereocenters. The molecule has 138 valence electrons. The van der Waals surface area contributed by atoms with Gasteiger partial charge in [0.25, 0.3) is 5.91 Å². The number of thioether (sulfide) groups is 1. The second kappa shape index (κ2) is 7.53. The molecule has 2 aromatic heterocycles. The third-order valence-corrected chi connectivity index (χ3v) is 6.45. The number of nitrogens with one attached hydrogen (secondary N) is 1. The summed E-state index contributed by atoms with van der Waals surface area (Å²) in [7, 11) is 0. The van der Waals surface area contributed by atoms with Gasteiger partial charge in [0, 0.05) is 10.6 Å². The van der Waals surface area contributed by atoms with Crippen molar-refractivity contribution in [1.29, 1.82) is 0 Å². The molecule has 3 N–H and O–H groups in total. The van der Waals surface area contributed by atoms with E-state index >= 15 is 0 Å². The molecular formula is C18H17N5O2S2. The summed E-state index contributed by atoms with van der Waals surface area (Å²) in [4.78, 5) is 25.4. The first-order chi connectivity index (χ1) is 13.1. The van der Waals surface area contributed by atoms with Crippen LogP contribution in [0, 0.1) is 0 Å². The van der Waals surface area contributed by atoms with E-state index in [0.717, 1.165) is 35.4 Å². The van der Waals surface area contributed by atoms with E-state index in [-0.39, 0.29) is 11.7 Å². The van der Waals surface area contributed by atoms with Gasteiger partial charge in [-0.25, -0.2) is 0 Å². The third kappa shape index (κ3) is 3.60. The standard InChI is InChI=1S/C18H17N5O2S2/c19-16(25)15-12-7-4-8-13(12)27-17(15)21-14(24)9-26-18-22-20-10-23(18)11-5-2-1-3-6-11/h1-3,5-6,10H,4,7-9H2,(H2,19,25)(H,21,24). The number of fused-ring (bicyclic) bond motifs is 1. The summed E-state index contributed by atoms with van der Waals surface area (Å²) in [6.07, 6.45) is 4.42. The average molecular weight is 400 g/mol. The predicted molar refractivity (Wildman–Crippen MR) is 106 cm³/mol. The fraction of sp³-hybridized carbons (Fsp3) is 0.222. The Kier molecular flexibility index (Phi) is 4.95. The zero-order valence-electron chi connectivity index (χ0n) is 14.3. The summed E-state index contributed by atoms with van der Waals surface area (Å²) in [6, 6.07) is 9.68. The van der Waals surface area contributed by atoms with E-state index in [1.165, 1.54) is 23.1 Å². The second-order valence-electron chi connectivity index (χ2n) is 6.08. The van der Waals surface area contributed by atoms with Crippen molar-refractivity contribution in [2.24, 2.45) is 5.73 Å². The van der Waals surface area contributed by atoms with Gasteiger partial charge in [0.15, 0.2) is 5.16 Å². The summed E-state index contributed by atoms with van der Waals surface area (Å²) < 4.78 is 1.83. The number of primary amides is 1. The van der Waals surface area contributed by atoms with Crippen molar-refractivity contribution in [2.75, 3.05) is 11.1 Å². The fourth-order valence-corrected chi connectivity index (χ4v) is 5.17. The van der Waals surface area contributed by atoms with Crippen molar-refractivity contribution in [3.8, 4) is 5.69 Å². The summed E-state index contributed by atoms with van der Waals surface area (Å²) in [5, 5.41) is 12.0. The van der Waals surface area contributed by atoms with Gasteiger partial charge in [-0.2, -0.15) is 0 Å². The maximum atomic E-state index is 12.4. The molecule has 0 saturated heterocycles. The summed E-state index contributed by atoms with van der Waals surface area (Å²) in [5.41, 5.74) is 7.93. The molecule has 0 bridgehead atoms. The lowest BCUT2D eigenvalue weighted by molar-refractivity contribution is -0.113. The summed E-state index contributed by atoms with van der Waals surface area (Å²) in [5.74, 6) is -0.530. The largest absolute Gasteiger partial charge is 0.365 e. The minimum Gasteiger partial charge on any atom is -0.365 e. The van der Waals surface area contributed by atoms with Gasteiger partial charge in [0.1, 0.15) is 11.3 Å². The maximum Gasteiger partial charge on any atom is 0.251 e. The number of nitrogens with zero attached hydrogens (tertiary/aromatic N) is 3. The number of nitrogens with two attached hydrogens (primary N) is 1. The molecule has 3 aromatic rings. The van der Waals surface area contributed by atoms with Crippen LogP contribution in [0.15, 0.2) is 41.8 Å². The zero-order valence-corrected chi connectivity index (χ0v) is 16.0. The van der Waals surface area contributed by atoms with Crippen molar-refractivity contribution < 1.29 is 9.59 Å². The Hall–Kier alpha value is -2.65. The molecule has 4 rings (SSSR count). The van der Waals surface area contributed by atoms with Gasteiger partial charge in [-0.05, 0) is 37.0 Å². The van der Waals surface area contributed by atoms with Gasteiger partial charge in [-0.15, -0.1) is 21.5 Å². The number of aromatic nitrogens is 3. The number of amides is 2. The predicted octanol–water partition coefficient (Wildman–Crippen LogP) is 2.65. The Bertz CT molecular complexity index is 997. The Morgan fingerprint density at radius 3 is 2.85 bits per heavy atom. The lowest BCUT2D eigenvalue weighted by atomic mass is 10.1. The molecule has 0 unspecified atom stereocenters. The van der Waals surface area contributed by atoms with Crippen molar-refractivity contribution in [3.63, 3.8) is 0 Å². The van der Waals surface area contributed by atoms with Crippen LogP contribution in [0.3, 0.4) is 0 Å². The number of carbonyl (C=O) groups is 2. The van der Waals surface area contributed by atoms with Crippen LogP contribution in [-0.2, 0) is 17.6 Å². The molecule has 0 fully saturated rings. The van der Waals surface area contributed by atoms with E-state index in [1.54, 1.807) is 6.33 Å². The number of hydrogen-bond donors (Lipinski definition) is 2. The summed E-state index contributed by atoms with van der Waals surface area (Å²) >= 11 is 2.74. The number of aryl methyl sites for hydroxylation is 1. The molecule has 0 saturated carbocycles. The van der Waals surface area contributed by atoms with E-state index < -0.39 is 5.91 Å². The van der Waals surface area contributed by atoms with Crippen molar-refractivity contribution in [2.45, 2.75) is 24.4 Å². The molecule has 27 heavy (non-hydrogen) atoms. The summed E-state index contributed by atoms with van der Waals surface area (Å²) in [6.45, 7) is 0. The monoisotopic (exact) mass is 399 g/mol. The molecule has 2 amide bonds. The highest BCUT2D eigenvalue weighted by atomic mass is 32.2. The second-order valence-corrected chi connectivity index (χ2v) is 8.13. The van der Waals surface area contributed by atoms with Crippen LogP contribution in [-0.4, -0.2) is 32.3 Å². The van der Waals surface area contributed by atoms with Crippen molar-refractivity contribution >= 4 is 39.9 Å². The topological polar surface area (TPSA) is 103 Å². The highest BCUT2D eigenvalue weighted by Gasteiger charge is 2.26. The molecule has 0 radical (unpaired) electrons. The quantitative estimate of drug-likeness (QED) is 0.620. The van der Waals surface area contributed by atoms with Crippen LogP contribution in [0.2, 0.25) is 0 Å². The maximum absolute atomic E-state index is 12.4. The van der Waals surface area contributed by atoms with Gasteiger partial charge in [-0.3, -0.25) is 14.2 Å². The Balaban J connectivity index is 1.45. The van der Waals surface area contributed by atoms with Gasteiger partial charge >= 0.3 is 0 Å². The number of para-hydroxylation sites is 1. The number of hydrogen-bond acceptors (Lipinski definition) is 6. The average Bonchev–Trinajstić information content (AvgIpc) is 3.36. The lowest BCUT2D eigenvalue weighted by Crippen LogP contribution is -2.19. The number of thiophene rings is 1. The normalized spacial score (nSPS) is 12.7. The molecule has 1 aliphatic carbocycles. The minimum atomic E-state index is -0.485. The number of anilines is 1. The van der Waals surface area contributed by atoms with Crippen molar-refractivity contribution in [3.05, 3.63) is 52.7 Å². The number of benzene rings is 1. The third-order valence-electron chi connectivity index (χ3n) is 4.30. The molecule has 1 aromatic carbocycles. The highest BCUT2D eigenvalue weighted by Crippen LogP contribution is 2.38.